The molecule has 1 aromatic carbocycles. The van der Waals surface area contributed by atoms with Crippen LogP contribution in [0.3, 0.4) is 0 Å². The van der Waals surface area contributed by atoms with Gasteiger partial charge in [-0.2, -0.15) is 5.26 Å². The van der Waals surface area contributed by atoms with E-state index in [0.717, 1.165) is 0 Å². The van der Waals surface area contributed by atoms with Gasteiger partial charge in [-0.05, 0) is 18.2 Å². The van der Waals surface area contributed by atoms with Gasteiger partial charge in [0.25, 0.3) is 5.91 Å². The molecule has 2 rings (SSSR count). The predicted octanol–water partition coefficient (Wildman–Crippen LogP) is 2.16. The van der Waals surface area contributed by atoms with Gasteiger partial charge in [-0.3, -0.25) is 4.79 Å². The smallest absolute Gasteiger partial charge is 0.266 e. The molecule has 0 bridgehead atoms. The molecule has 0 atom stereocenters. The van der Waals surface area contributed by atoms with Gasteiger partial charge in [0.05, 0.1) is 18.2 Å². The molecule has 110 valence electrons. The normalized spacial score (nSPS) is 15.5. The highest BCUT2D eigenvalue weighted by Gasteiger charge is 2.20. The number of morpholine rings is 1. The SMILES string of the molecule is N#C/C(=C/Nc1ccc(F)c(Cl)c1)C(=O)N1CCOCC1. The maximum atomic E-state index is 13.0. The molecule has 1 saturated heterocycles. The standard InChI is InChI=1S/C14H13ClFN3O2/c15-12-7-11(1-2-13(12)16)18-9-10(8-17)14(20)19-3-5-21-6-4-19/h1-2,7,9,18H,3-6H2/b10-9-. The summed E-state index contributed by atoms with van der Waals surface area (Å²) in [5.74, 6) is -0.891. The number of carbonyl (C=O) groups excluding carboxylic acids is 1. The van der Waals surface area contributed by atoms with Crippen molar-refractivity contribution in [2.24, 2.45) is 0 Å². The van der Waals surface area contributed by atoms with Gasteiger partial charge in [0.15, 0.2) is 0 Å². The molecule has 0 saturated carbocycles. The first-order valence-corrected chi connectivity index (χ1v) is 6.68. The molecule has 5 nitrogen and oxygen atoms in total. The Morgan fingerprint density at radius 3 is 2.81 bits per heavy atom. The van der Waals surface area contributed by atoms with Crippen LogP contribution in [0.4, 0.5) is 10.1 Å². The summed E-state index contributed by atoms with van der Waals surface area (Å²) in [6.07, 6.45) is 1.29. The molecular formula is C14H13ClFN3O2. The number of hydrogen-bond acceptors (Lipinski definition) is 4. The van der Waals surface area contributed by atoms with Gasteiger partial charge in [-0.25, -0.2) is 4.39 Å². The van der Waals surface area contributed by atoms with E-state index in [-0.39, 0.29) is 16.5 Å². The fourth-order valence-electron chi connectivity index (χ4n) is 1.82. The van der Waals surface area contributed by atoms with Crippen molar-refractivity contribution in [2.75, 3.05) is 31.6 Å². The molecule has 1 aromatic rings. The number of carbonyl (C=O) groups is 1. The zero-order chi connectivity index (χ0) is 15.2. The summed E-state index contributed by atoms with van der Waals surface area (Å²) in [7, 11) is 0. The van der Waals surface area contributed by atoms with Crippen LogP contribution in [-0.2, 0) is 9.53 Å². The van der Waals surface area contributed by atoms with Crippen molar-refractivity contribution in [1.82, 2.24) is 4.90 Å². The molecule has 0 radical (unpaired) electrons. The van der Waals surface area contributed by atoms with Gasteiger partial charge in [-0.1, -0.05) is 11.6 Å². The zero-order valence-electron chi connectivity index (χ0n) is 11.1. The van der Waals surface area contributed by atoms with Gasteiger partial charge >= 0.3 is 0 Å². The Kier molecular flexibility index (Phi) is 5.14. The highest BCUT2D eigenvalue weighted by atomic mass is 35.5. The van der Waals surface area contributed by atoms with Crippen LogP contribution in [-0.4, -0.2) is 37.1 Å². The predicted molar refractivity (Wildman–Crippen MR) is 76.1 cm³/mol. The second-order valence-electron chi connectivity index (χ2n) is 4.35. The van der Waals surface area contributed by atoms with Crippen molar-refractivity contribution in [3.8, 4) is 6.07 Å². The number of nitrogens with zero attached hydrogens (tertiary/aromatic N) is 2. The second kappa shape index (κ2) is 7.07. The molecule has 1 heterocycles. The van der Waals surface area contributed by atoms with E-state index in [2.05, 4.69) is 5.32 Å². The Morgan fingerprint density at radius 1 is 1.48 bits per heavy atom. The Balaban J connectivity index is 2.07. The minimum atomic E-state index is -0.531. The van der Waals surface area contributed by atoms with E-state index in [1.54, 1.807) is 4.90 Å². The number of nitriles is 1. The monoisotopic (exact) mass is 309 g/mol. The van der Waals surface area contributed by atoms with Gasteiger partial charge in [-0.15, -0.1) is 0 Å². The Morgan fingerprint density at radius 2 is 2.19 bits per heavy atom. The maximum Gasteiger partial charge on any atom is 0.266 e. The van der Waals surface area contributed by atoms with Crippen LogP contribution in [0.5, 0.6) is 0 Å². The number of benzene rings is 1. The molecule has 1 N–H and O–H groups in total. The molecule has 0 aromatic heterocycles. The Bertz CT molecular complexity index is 607. The zero-order valence-corrected chi connectivity index (χ0v) is 11.9. The number of ether oxygens (including phenoxy) is 1. The average molecular weight is 310 g/mol. The van der Waals surface area contributed by atoms with E-state index in [1.807, 2.05) is 6.07 Å². The van der Waals surface area contributed by atoms with Crippen LogP contribution >= 0.6 is 11.6 Å². The molecule has 7 heteroatoms. The van der Waals surface area contributed by atoms with Crippen LogP contribution in [0.2, 0.25) is 5.02 Å². The average Bonchev–Trinajstić information content (AvgIpc) is 2.52. The van der Waals surface area contributed by atoms with Crippen molar-refractivity contribution in [3.63, 3.8) is 0 Å². The molecular weight excluding hydrogens is 297 g/mol. The van der Waals surface area contributed by atoms with E-state index < -0.39 is 5.82 Å². The minimum absolute atomic E-state index is 0.0302. The summed E-state index contributed by atoms with van der Waals surface area (Å²) in [5, 5.41) is 11.8. The number of anilines is 1. The third kappa shape index (κ3) is 3.94. The third-order valence-corrected chi connectivity index (χ3v) is 3.24. The van der Waals surface area contributed by atoms with Crippen molar-refractivity contribution in [3.05, 3.63) is 40.8 Å². The lowest BCUT2D eigenvalue weighted by molar-refractivity contribution is -0.130. The van der Waals surface area contributed by atoms with Crippen molar-refractivity contribution >= 4 is 23.2 Å². The number of halogens is 2. The first kappa shape index (κ1) is 15.3. The van der Waals surface area contributed by atoms with Crippen LogP contribution in [0, 0.1) is 17.1 Å². The fraction of sp³-hybridized carbons (Fsp3) is 0.286. The molecule has 1 fully saturated rings. The third-order valence-electron chi connectivity index (χ3n) is 2.95. The Labute approximate surface area is 126 Å². The molecule has 1 amide bonds. The van der Waals surface area contributed by atoms with Gasteiger partial charge < -0.3 is 15.0 Å². The number of hydrogen-bond donors (Lipinski definition) is 1. The van der Waals surface area contributed by atoms with Crippen LogP contribution in [0.1, 0.15) is 0 Å². The second-order valence-corrected chi connectivity index (χ2v) is 4.75. The summed E-state index contributed by atoms with van der Waals surface area (Å²) < 4.78 is 18.2. The fourth-order valence-corrected chi connectivity index (χ4v) is 2.00. The van der Waals surface area contributed by atoms with E-state index in [4.69, 9.17) is 21.6 Å². The quantitative estimate of drug-likeness (QED) is 0.686. The van der Waals surface area contributed by atoms with Gasteiger partial charge in [0.1, 0.15) is 17.5 Å². The lowest BCUT2D eigenvalue weighted by Crippen LogP contribution is -2.41. The first-order chi connectivity index (χ1) is 10.1. The molecule has 1 aliphatic rings. The molecule has 0 aliphatic carbocycles. The van der Waals surface area contributed by atoms with Gasteiger partial charge in [0, 0.05) is 25.0 Å². The van der Waals surface area contributed by atoms with E-state index in [9.17, 15) is 9.18 Å². The summed E-state index contributed by atoms with van der Waals surface area (Å²) in [6.45, 7) is 1.84. The maximum absolute atomic E-state index is 13.0. The van der Waals surface area contributed by atoms with E-state index in [0.29, 0.717) is 32.0 Å². The summed E-state index contributed by atoms with van der Waals surface area (Å²) in [6, 6.07) is 5.90. The Hall–Kier alpha value is -2.10. The van der Waals surface area contributed by atoms with Crippen LogP contribution < -0.4 is 5.32 Å². The lowest BCUT2D eigenvalue weighted by Gasteiger charge is -2.26. The van der Waals surface area contributed by atoms with E-state index in [1.165, 1.54) is 24.4 Å². The van der Waals surface area contributed by atoms with E-state index >= 15 is 0 Å². The highest BCUT2D eigenvalue weighted by Crippen LogP contribution is 2.19. The topological polar surface area (TPSA) is 65.4 Å². The lowest BCUT2D eigenvalue weighted by atomic mass is 10.2. The largest absolute Gasteiger partial charge is 0.378 e. The van der Waals surface area contributed by atoms with Crippen molar-refractivity contribution in [1.29, 1.82) is 5.26 Å². The minimum Gasteiger partial charge on any atom is -0.378 e. The molecule has 0 spiro atoms. The van der Waals surface area contributed by atoms with Crippen molar-refractivity contribution < 1.29 is 13.9 Å². The van der Waals surface area contributed by atoms with Gasteiger partial charge in [0.2, 0.25) is 0 Å². The first-order valence-electron chi connectivity index (χ1n) is 6.30. The molecule has 1 aliphatic heterocycles. The number of nitrogens with one attached hydrogen (secondary N) is 1. The van der Waals surface area contributed by atoms with Crippen LogP contribution in [0.25, 0.3) is 0 Å². The number of rotatable bonds is 3. The number of amides is 1. The molecule has 0 unspecified atom stereocenters. The summed E-state index contributed by atoms with van der Waals surface area (Å²) in [5.41, 5.74) is 0.460. The van der Waals surface area contributed by atoms with Crippen molar-refractivity contribution in [2.45, 2.75) is 0 Å². The molecule has 21 heavy (non-hydrogen) atoms. The van der Waals surface area contributed by atoms with Crippen LogP contribution in [0.15, 0.2) is 30.0 Å². The summed E-state index contributed by atoms with van der Waals surface area (Å²) in [4.78, 5) is 13.7. The summed E-state index contributed by atoms with van der Waals surface area (Å²) >= 11 is 5.66. The highest BCUT2D eigenvalue weighted by molar-refractivity contribution is 6.31.